The maximum Gasteiger partial charge on any atom is 0.411 e. The lowest BCUT2D eigenvalue weighted by molar-refractivity contribution is -0.176. The van der Waals surface area contributed by atoms with Gasteiger partial charge in [0, 0.05) is 19.7 Å². The van der Waals surface area contributed by atoms with Crippen LogP contribution in [0.1, 0.15) is 11.3 Å². The van der Waals surface area contributed by atoms with Gasteiger partial charge in [0.1, 0.15) is 12.4 Å². The van der Waals surface area contributed by atoms with Gasteiger partial charge in [0.05, 0.1) is 12.3 Å². The van der Waals surface area contributed by atoms with Crippen LogP contribution in [-0.2, 0) is 18.4 Å². The molecule has 1 aromatic heterocycles. The molecule has 0 radical (unpaired) electrons. The fourth-order valence-corrected chi connectivity index (χ4v) is 1.46. The molecule has 0 fully saturated rings. The van der Waals surface area contributed by atoms with Crippen molar-refractivity contribution in [3.63, 3.8) is 0 Å². The number of halogens is 3. The van der Waals surface area contributed by atoms with Gasteiger partial charge in [-0.15, -0.1) is 0 Å². The second kappa shape index (κ2) is 4.73. The highest BCUT2D eigenvalue weighted by Crippen LogP contribution is 2.21. The Morgan fingerprint density at radius 2 is 2.06 bits per heavy atom. The molecule has 0 saturated carbocycles. The summed E-state index contributed by atoms with van der Waals surface area (Å²) in [7, 11) is 3.40. The molecule has 0 unspecified atom stereocenters. The van der Waals surface area contributed by atoms with Crippen LogP contribution in [0.25, 0.3) is 0 Å². The van der Waals surface area contributed by atoms with Gasteiger partial charge in [-0.1, -0.05) is 0 Å². The van der Waals surface area contributed by atoms with Crippen LogP contribution < -0.4 is 5.32 Å². The van der Waals surface area contributed by atoms with E-state index in [2.05, 4.69) is 15.2 Å². The van der Waals surface area contributed by atoms with Crippen LogP contribution in [-0.4, -0.2) is 29.6 Å². The molecule has 1 heterocycles. The maximum absolute atomic E-state index is 11.9. The zero-order chi connectivity index (χ0) is 12.3. The highest BCUT2D eigenvalue weighted by molar-refractivity contribution is 5.46. The number of anilines is 1. The SMILES string of the molecule is CNc1c(COCC(F)(F)F)c(C)nn1C. The molecular formula is C9H14F3N3O. The lowest BCUT2D eigenvalue weighted by Gasteiger charge is -2.09. The van der Waals surface area contributed by atoms with Crippen molar-refractivity contribution in [2.45, 2.75) is 19.7 Å². The predicted octanol–water partition coefficient (Wildman–Crippen LogP) is 1.85. The molecule has 0 aliphatic rings. The summed E-state index contributed by atoms with van der Waals surface area (Å²) in [4.78, 5) is 0. The van der Waals surface area contributed by atoms with Gasteiger partial charge in [-0.3, -0.25) is 4.68 Å². The van der Waals surface area contributed by atoms with Crippen molar-refractivity contribution in [2.24, 2.45) is 7.05 Å². The minimum atomic E-state index is -4.30. The van der Waals surface area contributed by atoms with Gasteiger partial charge in [-0.05, 0) is 6.92 Å². The lowest BCUT2D eigenvalue weighted by atomic mass is 10.2. The van der Waals surface area contributed by atoms with Crippen LogP contribution in [0.2, 0.25) is 0 Å². The van der Waals surface area contributed by atoms with Crippen molar-refractivity contribution >= 4 is 5.82 Å². The summed E-state index contributed by atoms with van der Waals surface area (Å²) in [5.74, 6) is 0.666. The second-order valence-corrected chi connectivity index (χ2v) is 3.39. The van der Waals surface area contributed by atoms with Crippen LogP contribution >= 0.6 is 0 Å². The molecule has 4 nitrogen and oxygen atoms in total. The Morgan fingerprint density at radius 3 is 2.56 bits per heavy atom. The standard InChI is InChI=1S/C9H14F3N3O/c1-6-7(4-16-5-9(10,11)12)8(13-2)15(3)14-6/h13H,4-5H2,1-3H3. The third-order valence-electron chi connectivity index (χ3n) is 2.10. The summed E-state index contributed by atoms with van der Waals surface area (Å²) in [5.41, 5.74) is 1.31. The van der Waals surface area contributed by atoms with E-state index in [1.54, 1.807) is 25.7 Å². The van der Waals surface area contributed by atoms with Crippen LogP contribution in [0.15, 0.2) is 0 Å². The van der Waals surface area contributed by atoms with Crippen LogP contribution in [0, 0.1) is 6.92 Å². The molecule has 7 heteroatoms. The molecular weight excluding hydrogens is 223 g/mol. The number of nitrogens with one attached hydrogen (secondary N) is 1. The van der Waals surface area contributed by atoms with Crippen molar-refractivity contribution in [1.82, 2.24) is 9.78 Å². The van der Waals surface area contributed by atoms with Crippen molar-refractivity contribution in [1.29, 1.82) is 0 Å². The van der Waals surface area contributed by atoms with E-state index in [4.69, 9.17) is 0 Å². The Kier molecular flexibility index (Phi) is 3.79. The third-order valence-corrected chi connectivity index (χ3v) is 2.10. The molecule has 0 atom stereocenters. The molecule has 0 saturated heterocycles. The van der Waals surface area contributed by atoms with E-state index in [9.17, 15) is 13.2 Å². The van der Waals surface area contributed by atoms with E-state index < -0.39 is 12.8 Å². The van der Waals surface area contributed by atoms with Gasteiger partial charge in [0.25, 0.3) is 0 Å². The van der Waals surface area contributed by atoms with Gasteiger partial charge in [0.15, 0.2) is 0 Å². The van der Waals surface area contributed by atoms with Gasteiger partial charge < -0.3 is 10.1 Å². The number of aryl methyl sites for hydroxylation is 2. The Balaban J connectivity index is 2.66. The Labute approximate surface area is 91.4 Å². The molecule has 0 amide bonds. The molecule has 92 valence electrons. The first-order valence-corrected chi connectivity index (χ1v) is 4.70. The van der Waals surface area contributed by atoms with E-state index >= 15 is 0 Å². The van der Waals surface area contributed by atoms with E-state index in [0.717, 1.165) is 0 Å². The minimum absolute atomic E-state index is 0.102. The van der Waals surface area contributed by atoms with Crippen molar-refractivity contribution in [3.05, 3.63) is 11.3 Å². The van der Waals surface area contributed by atoms with Crippen LogP contribution in [0.4, 0.5) is 19.0 Å². The monoisotopic (exact) mass is 237 g/mol. The fourth-order valence-electron chi connectivity index (χ4n) is 1.46. The van der Waals surface area contributed by atoms with Gasteiger partial charge in [-0.2, -0.15) is 18.3 Å². The summed E-state index contributed by atoms with van der Waals surface area (Å²) < 4.78 is 41.8. The van der Waals surface area contributed by atoms with Gasteiger partial charge in [-0.25, -0.2) is 0 Å². The Bertz CT molecular complexity index is 360. The van der Waals surface area contributed by atoms with Gasteiger partial charge >= 0.3 is 6.18 Å². The zero-order valence-electron chi connectivity index (χ0n) is 9.35. The predicted molar refractivity (Wildman–Crippen MR) is 53.2 cm³/mol. The van der Waals surface area contributed by atoms with E-state index in [0.29, 0.717) is 17.1 Å². The first-order valence-electron chi connectivity index (χ1n) is 4.70. The average molecular weight is 237 g/mol. The molecule has 0 aliphatic carbocycles. The van der Waals surface area contributed by atoms with Crippen LogP contribution in [0.3, 0.4) is 0 Å². The molecule has 1 N–H and O–H groups in total. The highest BCUT2D eigenvalue weighted by atomic mass is 19.4. The molecule has 0 aromatic carbocycles. The molecule has 0 spiro atoms. The van der Waals surface area contributed by atoms with Crippen molar-refractivity contribution < 1.29 is 17.9 Å². The number of hydrogen-bond donors (Lipinski definition) is 1. The summed E-state index contributed by atoms with van der Waals surface area (Å²) in [6, 6.07) is 0. The highest BCUT2D eigenvalue weighted by Gasteiger charge is 2.27. The van der Waals surface area contributed by atoms with E-state index in [-0.39, 0.29) is 6.61 Å². The van der Waals surface area contributed by atoms with Gasteiger partial charge in [0.2, 0.25) is 0 Å². The smallest absolute Gasteiger partial charge is 0.373 e. The summed E-state index contributed by atoms with van der Waals surface area (Å²) in [5, 5.41) is 6.96. The van der Waals surface area contributed by atoms with Crippen molar-refractivity contribution in [2.75, 3.05) is 19.0 Å². The van der Waals surface area contributed by atoms with Crippen LogP contribution in [0.5, 0.6) is 0 Å². The van der Waals surface area contributed by atoms with E-state index in [1.165, 1.54) is 0 Å². The normalized spacial score (nSPS) is 11.9. The largest absolute Gasteiger partial charge is 0.411 e. The first kappa shape index (κ1) is 12.8. The number of alkyl halides is 3. The summed E-state index contributed by atoms with van der Waals surface area (Å²) in [6.07, 6.45) is -4.30. The molecule has 0 aliphatic heterocycles. The number of rotatable bonds is 4. The number of ether oxygens (including phenoxy) is 1. The summed E-state index contributed by atoms with van der Waals surface area (Å²) >= 11 is 0. The number of aromatic nitrogens is 2. The average Bonchev–Trinajstić information content (AvgIpc) is 2.39. The number of hydrogen-bond acceptors (Lipinski definition) is 3. The lowest BCUT2D eigenvalue weighted by Crippen LogP contribution is -2.17. The Hall–Kier alpha value is -1.24. The Morgan fingerprint density at radius 1 is 1.44 bits per heavy atom. The van der Waals surface area contributed by atoms with Crippen molar-refractivity contribution in [3.8, 4) is 0 Å². The molecule has 16 heavy (non-hydrogen) atoms. The zero-order valence-corrected chi connectivity index (χ0v) is 9.35. The fraction of sp³-hybridized carbons (Fsp3) is 0.667. The quantitative estimate of drug-likeness (QED) is 0.868. The summed E-state index contributed by atoms with van der Waals surface area (Å²) in [6.45, 7) is 0.382. The first-order chi connectivity index (χ1) is 7.35. The topological polar surface area (TPSA) is 39.1 Å². The minimum Gasteiger partial charge on any atom is -0.373 e. The molecule has 1 aromatic rings. The molecule has 0 bridgehead atoms. The third kappa shape index (κ3) is 3.13. The number of nitrogens with zero attached hydrogens (tertiary/aromatic N) is 2. The molecule has 1 rings (SSSR count). The second-order valence-electron chi connectivity index (χ2n) is 3.39. The maximum atomic E-state index is 11.9. The van der Waals surface area contributed by atoms with E-state index in [1.807, 2.05) is 0 Å².